The van der Waals surface area contributed by atoms with Gasteiger partial charge >= 0.3 is 0 Å². The molecule has 0 atom stereocenters. The molecule has 0 aliphatic heterocycles. The van der Waals surface area contributed by atoms with Gasteiger partial charge in [0.1, 0.15) is 29.1 Å². The highest BCUT2D eigenvalue weighted by Gasteiger charge is 2.04. The standard InChI is InChI=1S/C13H16ClN3O2/c1-3-18-8-13-16-11(14)6-12(17-13)15-7-10-5-4-9(2)19-10/h4-6H,3,7-8H2,1-2H3,(H,15,16,17). The zero-order valence-electron chi connectivity index (χ0n) is 10.9. The van der Waals surface area contributed by atoms with Crippen LogP contribution in [0.25, 0.3) is 0 Å². The number of aromatic nitrogens is 2. The average Bonchev–Trinajstić information content (AvgIpc) is 2.79. The van der Waals surface area contributed by atoms with Gasteiger partial charge in [-0.1, -0.05) is 11.6 Å². The molecular weight excluding hydrogens is 266 g/mol. The number of halogens is 1. The summed E-state index contributed by atoms with van der Waals surface area (Å²) in [5, 5.41) is 3.54. The fraction of sp³-hybridized carbons (Fsp3) is 0.385. The Kier molecular flexibility index (Phi) is 4.76. The first-order valence-corrected chi connectivity index (χ1v) is 6.45. The van der Waals surface area contributed by atoms with E-state index in [9.17, 15) is 0 Å². The van der Waals surface area contributed by atoms with Crippen LogP contribution in [0.2, 0.25) is 5.15 Å². The summed E-state index contributed by atoms with van der Waals surface area (Å²) in [6, 6.07) is 5.52. The molecule has 0 saturated heterocycles. The van der Waals surface area contributed by atoms with Crippen molar-refractivity contribution >= 4 is 17.4 Å². The third-order valence-electron chi connectivity index (χ3n) is 2.42. The first-order valence-electron chi connectivity index (χ1n) is 6.07. The van der Waals surface area contributed by atoms with E-state index in [0.717, 1.165) is 11.5 Å². The number of nitrogens with one attached hydrogen (secondary N) is 1. The maximum Gasteiger partial charge on any atom is 0.158 e. The zero-order valence-corrected chi connectivity index (χ0v) is 11.7. The van der Waals surface area contributed by atoms with Gasteiger partial charge in [-0.25, -0.2) is 9.97 Å². The Balaban J connectivity index is 2.01. The molecule has 0 fully saturated rings. The molecule has 2 rings (SSSR count). The predicted octanol–water partition coefficient (Wildman–Crippen LogP) is 3.18. The van der Waals surface area contributed by atoms with Crippen molar-refractivity contribution in [3.05, 3.63) is 40.7 Å². The monoisotopic (exact) mass is 281 g/mol. The number of rotatable bonds is 6. The molecule has 0 bridgehead atoms. The van der Waals surface area contributed by atoms with E-state index in [2.05, 4.69) is 15.3 Å². The summed E-state index contributed by atoms with van der Waals surface area (Å²) < 4.78 is 10.7. The lowest BCUT2D eigenvalue weighted by atomic mass is 10.4. The Hall–Kier alpha value is -1.59. The van der Waals surface area contributed by atoms with Crippen molar-refractivity contribution in [2.24, 2.45) is 0 Å². The minimum atomic E-state index is 0.353. The summed E-state index contributed by atoms with van der Waals surface area (Å²) >= 11 is 5.94. The van der Waals surface area contributed by atoms with Crippen LogP contribution in [0.5, 0.6) is 0 Å². The SMILES string of the molecule is CCOCc1nc(Cl)cc(NCc2ccc(C)o2)n1. The van der Waals surface area contributed by atoms with Gasteiger partial charge < -0.3 is 14.5 Å². The van der Waals surface area contributed by atoms with Crippen LogP contribution >= 0.6 is 11.6 Å². The van der Waals surface area contributed by atoms with E-state index >= 15 is 0 Å². The molecule has 0 aromatic carbocycles. The second kappa shape index (κ2) is 6.54. The van der Waals surface area contributed by atoms with Crippen molar-refractivity contribution in [3.63, 3.8) is 0 Å². The molecule has 0 saturated carbocycles. The number of hydrogen-bond donors (Lipinski definition) is 1. The third kappa shape index (κ3) is 4.22. The lowest BCUT2D eigenvalue weighted by Crippen LogP contribution is -2.05. The maximum atomic E-state index is 5.94. The normalized spacial score (nSPS) is 10.7. The molecule has 2 heterocycles. The highest BCUT2D eigenvalue weighted by molar-refractivity contribution is 6.29. The summed E-state index contributed by atoms with van der Waals surface area (Å²) in [5.41, 5.74) is 0. The third-order valence-corrected chi connectivity index (χ3v) is 2.61. The lowest BCUT2D eigenvalue weighted by molar-refractivity contribution is 0.128. The number of ether oxygens (including phenoxy) is 1. The predicted molar refractivity (Wildman–Crippen MR) is 73.1 cm³/mol. The number of nitrogens with zero attached hydrogens (tertiary/aromatic N) is 2. The molecule has 0 spiro atoms. The molecule has 6 heteroatoms. The summed E-state index contributed by atoms with van der Waals surface area (Å²) in [4.78, 5) is 8.42. The Morgan fingerprint density at radius 1 is 1.37 bits per heavy atom. The van der Waals surface area contributed by atoms with E-state index in [4.69, 9.17) is 20.8 Å². The van der Waals surface area contributed by atoms with Crippen molar-refractivity contribution in [2.75, 3.05) is 11.9 Å². The van der Waals surface area contributed by atoms with Crippen molar-refractivity contribution < 1.29 is 9.15 Å². The molecule has 0 aliphatic rings. The molecule has 0 unspecified atom stereocenters. The van der Waals surface area contributed by atoms with Crippen LogP contribution in [-0.4, -0.2) is 16.6 Å². The fourth-order valence-electron chi connectivity index (χ4n) is 1.57. The minimum absolute atomic E-state index is 0.353. The van der Waals surface area contributed by atoms with Crippen LogP contribution in [0.15, 0.2) is 22.6 Å². The Bertz CT molecular complexity index is 542. The van der Waals surface area contributed by atoms with Crippen molar-refractivity contribution in [1.82, 2.24) is 9.97 Å². The molecule has 102 valence electrons. The van der Waals surface area contributed by atoms with Gasteiger partial charge in [-0.2, -0.15) is 0 Å². The van der Waals surface area contributed by atoms with Gasteiger partial charge in [0.2, 0.25) is 0 Å². The second-order valence-electron chi connectivity index (χ2n) is 4.00. The molecule has 5 nitrogen and oxygen atoms in total. The van der Waals surface area contributed by atoms with Crippen LogP contribution in [0, 0.1) is 6.92 Å². The van der Waals surface area contributed by atoms with Gasteiger partial charge in [0.05, 0.1) is 6.54 Å². The van der Waals surface area contributed by atoms with Gasteiger partial charge in [0, 0.05) is 12.7 Å². The zero-order chi connectivity index (χ0) is 13.7. The Labute approximate surface area is 117 Å². The summed E-state index contributed by atoms with van der Waals surface area (Å²) in [6.07, 6.45) is 0. The number of anilines is 1. The van der Waals surface area contributed by atoms with E-state index in [-0.39, 0.29) is 0 Å². The average molecular weight is 282 g/mol. The molecule has 0 aliphatic carbocycles. The van der Waals surface area contributed by atoms with Crippen LogP contribution in [-0.2, 0) is 17.9 Å². The molecule has 2 aromatic rings. The molecular formula is C13H16ClN3O2. The number of hydrogen-bond acceptors (Lipinski definition) is 5. The molecule has 0 amide bonds. The van der Waals surface area contributed by atoms with Crippen LogP contribution < -0.4 is 5.32 Å². The van der Waals surface area contributed by atoms with Gasteiger partial charge in [-0.3, -0.25) is 0 Å². The van der Waals surface area contributed by atoms with Crippen LogP contribution in [0.3, 0.4) is 0 Å². The summed E-state index contributed by atoms with van der Waals surface area (Å²) in [6.45, 7) is 5.35. The second-order valence-corrected chi connectivity index (χ2v) is 4.38. The first kappa shape index (κ1) is 13.8. The van der Waals surface area contributed by atoms with Gasteiger partial charge in [-0.05, 0) is 26.0 Å². The minimum Gasteiger partial charge on any atom is -0.465 e. The smallest absolute Gasteiger partial charge is 0.158 e. The topological polar surface area (TPSA) is 60.2 Å². The van der Waals surface area contributed by atoms with Crippen LogP contribution in [0.4, 0.5) is 5.82 Å². The summed E-state index contributed by atoms with van der Waals surface area (Å²) in [7, 11) is 0. The number of furan rings is 1. The quantitative estimate of drug-likeness (QED) is 0.824. The van der Waals surface area contributed by atoms with E-state index in [1.807, 2.05) is 26.0 Å². The highest BCUT2D eigenvalue weighted by Crippen LogP contribution is 2.14. The van der Waals surface area contributed by atoms with Crippen molar-refractivity contribution in [1.29, 1.82) is 0 Å². The highest BCUT2D eigenvalue weighted by atomic mass is 35.5. The van der Waals surface area contributed by atoms with E-state index in [1.165, 1.54) is 0 Å². The Morgan fingerprint density at radius 2 is 2.21 bits per heavy atom. The van der Waals surface area contributed by atoms with E-state index < -0.39 is 0 Å². The van der Waals surface area contributed by atoms with Crippen molar-refractivity contribution in [3.8, 4) is 0 Å². The van der Waals surface area contributed by atoms with Crippen molar-refractivity contribution in [2.45, 2.75) is 27.0 Å². The van der Waals surface area contributed by atoms with E-state index in [1.54, 1.807) is 6.07 Å². The Morgan fingerprint density at radius 3 is 2.89 bits per heavy atom. The van der Waals surface area contributed by atoms with Crippen LogP contribution in [0.1, 0.15) is 24.3 Å². The molecule has 0 radical (unpaired) electrons. The maximum absolute atomic E-state index is 5.94. The van der Waals surface area contributed by atoms with Gasteiger partial charge in [-0.15, -0.1) is 0 Å². The van der Waals surface area contributed by atoms with Gasteiger partial charge in [0.15, 0.2) is 5.82 Å². The van der Waals surface area contributed by atoms with Gasteiger partial charge in [0.25, 0.3) is 0 Å². The molecule has 19 heavy (non-hydrogen) atoms. The van der Waals surface area contributed by atoms with E-state index in [0.29, 0.717) is 36.6 Å². The first-order chi connectivity index (χ1) is 9.17. The molecule has 2 aromatic heterocycles. The number of aryl methyl sites for hydroxylation is 1. The summed E-state index contributed by atoms with van der Waals surface area (Å²) in [5.74, 6) is 2.95. The molecule has 1 N–H and O–H groups in total. The lowest BCUT2D eigenvalue weighted by Gasteiger charge is -2.06. The fourth-order valence-corrected chi connectivity index (χ4v) is 1.77. The largest absolute Gasteiger partial charge is 0.465 e.